The lowest BCUT2D eigenvalue weighted by Crippen LogP contribution is -2.58. The van der Waals surface area contributed by atoms with E-state index in [1.807, 2.05) is 6.07 Å². The third-order valence-electron chi connectivity index (χ3n) is 3.38. The van der Waals surface area contributed by atoms with Crippen molar-refractivity contribution < 1.29 is 24.1 Å². The van der Waals surface area contributed by atoms with Gasteiger partial charge in [-0.2, -0.15) is 0 Å². The second-order valence-corrected chi connectivity index (χ2v) is 4.96. The molecule has 0 bridgehead atoms. The third-order valence-corrected chi connectivity index (χ3v) is 3.38. The van der Waals surface area contributed by atoms with Crippen LogP contribution in [0.25, 0.3) is 0 Å². The smallest absolute Gasteiger partial charge is 0.327 e. The van der Waals surface area contributed by atoms with Crippen molar-refractivity contribution in [3.63, 3.8) is 0 Å². The summed E-state index contributed by atoms with van der Waals surface area (Å²) in [7, 11) is 0. The normalized spacial score (nSPS) is 25.8. The summed E-state index contributed by atoms with van der Waals surface area (Å²) in [5.74, 6) is -2.47. The summed E-state index contributed by atoms with van der Waals surface area (Å²) in [6, 6.07) is 4.17. The van der Waals surface area contributed by atoms with Gasteiger partial charge in [-0.05, 0) is 0 Å². The van der Waals surface area contributed by atoms with Crippen LogP contribution >= 0.6 is 0 Å². The van der Waals surface area contributed by atoms with Gasteiger partial charge in [-0.3, -0.25) is 14.5 Å². The molecule has 1 saturated heterocycles. The van der Waals surface area contributed by atoms with E-state index in [4.69, 9.17) is 10.8 Å². The summed E-state index contributed by atoms with van der Waals surface area (Å²) in [5, 5.41) is 9.14. The number of rotatable bonds is 3. The monoisotopic (exact) mass is 278 g/mol. The highest BCUT2D eigenvalue weighted by Gasteiger charge is 2.55. The average molecular weight is 278 g/mol. The minimum atomic E-state index is -1.39. The van der Waals surface area contributed by atoms with Crippen LogP contribution in [0.15, 0.2) is 30.6 Å². The van der Waals surface area contributed by atoms with E-state index in [9.17, 15) is 14.4 Å². The first-order valence-corrected chi connectivity index (χ1v) is 6.15. The van der Waals surface area contributed by atoms with Gasteiger partial charge in [0.05, 0.1) is 0 Å². The molecule has 1 aromatic heterocycles. The first-order valence-electron chi connectivity index (χ1n) is 6.15. The van der Waals surface area contributed by atoms with E-state index in [2.05, 4.69) is 0 Å². The number of nitrogens with two attached hydrogens (primary N) is 1. The average Bonchev–Trinajstić information content (AvgIpc) is 2.63. The molecule has 1 fully saturated rings. The van der Waals surface area contributed by atoms with E-state index in [0.29, 0.717) is 0 Å². The molecule has 0 radical (unpaired) electrons. The Bertz CT molecular complexity index is 560. The molecule has 7 heteroatoms. The molecule has 1 aliphatic rings. The number of carbonyl (C=O) groups is 3. The van der Waals surface area contributed by atoms with Crippen LogP contribution in [0, 0.1) is 0 Å². The maximum absolute atomic E-state index is 12.3. The Kier molecular flexibility index (Phi) is 3.54. The summed E-state index contributed by atoms with van der Waals surface area (Å²) in [6.07, 6.45) is 3.37. The fraction of sp³-hybridized carbons (Fsp3) is 0.385. The molecule has 3 N–H and O–H groups in total. The Hall–Kier alpha value is -2.28. The van der Waals surface area contributed by atoms with Crippen molar-refractivity contribution in [3.05, 3.63) is 30.6 Å². The molecule has 20 heavy (non-hydrogen) atoms. The van der Waals surface area contributed by atoms with Crippen molar-refractivity contribution in [1.29, 1.82) is 0 Å². The number of aliphatic carboxylic acids is 1. The molecular weight excluding hydrogens is 262 g/mol. The van der Waals surface area contributed by atoms with Crippen molar-refractivity contribution in [2.75, 3.05) is 0 Å². The molecule has 7 nitrogen and oxygen atoms in total. The van der Waals surface area contributed by atoms with E-state index < -0.39 is 29.4 Å². The number of hydrogen-bond donors (Lipinski definition) is 2. The second-order valence-electron chi connectivity index (χ2n) is 4.96. The fourth-order valence-electron chi connectivity index (χ4n) is 2.46. The van der Waals surface area contributed by atoms with Gasteiger partial charge in [0.2, 0.25) is 5.91 Å². The number of carboxylic acids is 1. The lowest BCUT2D eigenvalue weighted by Gasteiger charge is -2.19. The zero-order valence-electron chi connectivity index (χ0n) is 11.0. The van der Waals surface area contributed by atoms with Crippen molar-refractivity contribution in [1.82, 2.24) is 4.90 Å². The molecule has 2 heterocycles. The summed E-state index contributed by atoms with van der Waals surface area (Å²) in [6.45, 7) is 1.29. The Morgan fingerprint density at radius 2 is 2.05 bits per heavy atom. The van der Waals surface area contributed by atoms with Crippen LogP contribution in [-0.4, -0.2) is 39.4 Å². The number of amides is 2. The van der Waals surface area contributed by atoms with Crippen molar-refractivity contribution in [3.8, 4) is 0 Å². The minimum Gasteiger partial charge on any atom is -0.480 e. The number of carboxylic acid groups (broad SMARTS) is 1. The van der Waals surface area contributed by atoms with Gasteiger partial charge in [0.1, 0.15) is 6.04 Å². The van der Waals surface area contributed by atoms with Gasteiger partial charge in [-0.1, -0.05) is 6.07 Å². The van der Waals surface area contributed by atoms with E-state index >= 15 is 0 Å². The van der Waals surface area contributed by atoms with E-state index in [0.717, 1.165) is 11.8 Å². The number of aromatic nitrogens is 1. The number of nitrogens with zero attached hydrogens (tertiary/aromatic N) is 2. The molecule has 0 spiro atoms. The summed E-state index contributed by atoms with van der Waals surface area (Å²) in [5.41, 5.74) is 4.68. The largest absolute Gasteiger partial charge is 0.480 e. The van der Waals surface area contributed by atoms with Crippen molar-refractivity contribution in [2.45, 2.75) is 31.5 Å². The fourth-order valence-corrected chi connectivity index (χ4v) is 2.46. The molecule has 0 aromatic carbocycles. The van der Waals surface area contributed by atoms with E-state index in [1.54, 1.807) is 29.1 Å². The molecule has 2 atom stereocenters. The Morgan fingerprint density at radius 1 is 1.45 bits per heavy atom. The van der Waals surface area contributed by atoms with Gasteiger partial charge in [-0.15, -0.1) is 0 Å². The Balaban J connectivity index is 2.30. The number of imide groups is 1. The molecule has 0 saturated carbocycles. The summed E-state index contributed by atoms with van der Waals surface area (Å²) >= 11 is 0. The first kappa shape index (κ1) is 14.1. The summed E-state index contributed by atoms with van der Waals surface area (Å²) in [4.78, 5) is 35.7. The topological polar surface area (TPSA) is 105 Å². The lowest BCUT2D eigenvalue weighted by molar-refractivity contribution is -0.701. The molecule has 1 aliphatic heterocycles. The van der Waals surface area contributed by atoms with Crippen LogP contribution in [0.4, 0.5) is 0 Å². The highest BCUT2D eigenvalue weighted by molar-refractivity contribution is 6.05. The maximum Gasteiger partial charge on any atom is 0.327 e. The Labute approximate surface area is 115 Å². The minimum absolute atomic E-state index is 0.0946. The molecular formula is C13H16N3O4+. The zero-order valence-corrected chi connectivity index (χ0v) is 11.0. The molecule has 1 aromatic rings. The highest BCUT2D eigenvalue weighted by Crippen LogP contribution is 2.27. The third kappa shape index (κ3) is 2.39. The predicted octanol–water partition coefficient (Wildman–Crippen LogP) is -1.10. The predicted molar refractivity (Wildman–Crippen MR) is 67.1 cm³/mol. The van der Waals surface area contributed by atoms with Crippen molar-refractivity contribution >= 4 is 17.8 Å². The summed E-state index contributed by atoms with van der Waals surface area (Å²) < 4.78 is 1.69. The van der Waals surface area contributed by atoms with Gasteiger partial charge < -0.3 is 10.8 Å². The molecule has 2 rings (SSSR count). The molecule has 2 unspecified atom stereocenters. The van der Waals surface area contributed by atoms with Gasteiger partial charge in [-0.25, -0.2) is 9.36 Å². The Morgan fingerprint density at radius 3 is 2.50 bits per heavy atom. The number of likely N-dealkylation sites (tertiary alicyclic amines) is 1. The van der Waals surface area contributed by atoms with Gasteiger partial charge >= 0.3 is 5.97 Å². The first-order chi connectivity index (χ1) is 9.35. The lowest BCUT2D eigenvalue weighted by atomic mass is 9.96. The van der Waals surface area contributed by atoms with Crippen LogP contribution in [-0.2, 0) is 20.9 Å². The quantitative estimate of drug-likeness (QED) is 0.683. The highest BCUT2D eigenvalue weighted by atomic mass is 16.4. The van der Waals surface area contributed by atoms with Crippen LogP contribution in [0.1, 0.15) is 13.3 Å². The second kappa shape index (κ2) is 5.01. The number of hydrogen-bond acceptors (Lipinski definition) is 4. The van der Waals surface area contributed by atoms with Crippen LogP contribution < -0.4 is 10.3 Å². The van der Waals surface area contributed by atoms with Gasteiger partial charge in [0.25, 0.3) is 5.91 Å². The van der Waals surface area contributed by atoms with Gasteiger partial charge in [0.15, 0.2) is 24.5 Å². The van der Waals surface area contributed by atoms with Crippen LogP contribution in [0.5, 0.6) is 0 Å². The number of carbonyl (C=O) groups excluding carboxylic acids is 2. The molecule has 106 valence electrons. The maximum atomic E-state index is 12.3. The van der Waals surface area contributed by atoms with E-state index in [1.165, 1.54) is 0 Å². The number of pyridine rings is 1. The molecule has 2 amide bonds. The van der Waals surface area contributed by atoms with Crippen LogP contribution in [0.3, 0.4) is 0 Å². The SMILES string of the molecule is CC(=O)N1C(=O)C(N)(C[n+]2ccccc2)CC1C(=O)O. The standard InChI is InChI=1S/C13H15N3O4/c1-9(17)16-10(11(18)19)7-13(14,12(16)20)8-15-5-3-2-4-6-15/h2-6,10H,7-8,14H2,1H3/p+1. The van der Waals surface area contributed by atoms with Gasteiger partial charge in [0, 0.05) is 25.5 Å². The van der Waals surface area contributed by atoms with Crippen molar-refractivity contribution in [2.24, 2.45) is 5.73 Å². The molecule has 0 aliphatic carbocycles. The zero-order chi connectivity index (χ0) is 14.9. The van der Waals surface area contributed by atoms with E-state index in [-0.39, 0.29) is 13.0 Å². The van der Waals surface area contributed by atoms with Crippen LogP contribution in [0.2, 0.25) is 0 Å².